The molecule has 0 amide bonds. The summed E-state index contributed by atoms with van der Waals surface area (Å²) in [7, 11) is -3.45. The van der Waals surface area contributed by atoms with Crippen LogP contribution in [0.2, 0.25) is 0 Å². The molecule has 0 radical (unpaired) electrons. The van der Waals surface area contributed by atoms with Gasteiger partial charge in [-0.3, -0.25) is 4.72 Å². The maximum Gasteiger partial charge on any atom is 0.335 e. The quantitative estimate of drug-likeness (QED) is 0.783. The van der Waals surface area contributed by atoms with Crippen LogP contribution < -0.4 is 4.72 Å². The molecule has 5 nitrogen and oxygen atoms in total. The number of sulfonamides is 1. The largest absolute Gasteiger partial charge is 0.478 e. The zero-order chi connectivity index (χ0) is 13.1. The second-order valence-electron chi connectivity index (χ2n) is 3.51. The van der Waals surface area contributed by atoms with Crippen molar-refractivity contribution in [2.24, 2.45) is 0 Å². The fraction of sp³-hybridized carbons (Fsp3) is 0.182. The topological polar surface area (TPSA) is 83.5 Å². The predicted octanol–water partition coefficient (Wildman–Crippen LogP) is 1.62. The molecule has 0 aliphatic rings. The molecule has 0 spiro atoms. The van der Waals surface area contributed by atoms with E-state index in [0.29, 0.717) is 11.3 Å². The normalized spacial score (nSPS) is 10.9. The molecule has 6 heteroatoms. The van der Waals surface area contributed by atoms with Crippen molar-refractivity contribution in [2.45, 2.75) is 6.92 Å². The Morgan fingerprint density at radius 1 is 1.53 bits per heavy atom. The van der Waals surface area contributed by atoms with E-state index in [-0.39, 0.29) is 11.3 Å². The van der Waals surface area contributed by atoms with E-state index < -0.39 is 16.0 Å². The van der Waals surface area contributed by atoms with Gasteiger partial charge in [-0.25, -0.2) is 13.2 Å². The summed E-state index contributed by atoms with van der Waals surface area (Å²) >= 11 is 0. The Morgan fingerprint density at radius 3 is 2.65 bits per heavy atom. The van der Waals surface area contributed by atoms with Crippen LogP contribution in [0.1, 0.15) is 15.9 Å². The number of carboxylic acids is 1. The number of carbonyl (C=O) groups is 1. The minimum atomic E-state index is -3.45. The molecule has 0 aromatic heterocycles. The number of aromatic carboxylic acids is 1. The van der Waals surface area contributed by atoms with Gasteiger partial charge in [0.1, 0.15) is 0 Å². The molecule has 92 valence electrons. The van der Waals surface area contributed by atoms with E-state index in [1.165, 1.54) is 24.3 Å². The predicted molar refractivity (Wildman–Crippen MR) is 65.7 cm³/mol. The minimum Gasteiger partial charge on any atom is -0.478 e. The van der Waals surface area contributed by atoms with E-state index in [9.17, 15) is 13.2 Å². The molecule has 0 unspecified atom stereocenters. The van der Waals surface area contributed by atoms with E-state index in [1.54, 1.807) is 6.92 Å². The van der Waals surface area contributed by atoms with E-state index >= 15 is 0 Å². The summed E-state index contributed by atoms with van der Waals surface area (Å²) in [4.78, 5) is 10.8. The third kappa shape index (κ3) is 3.60. The third-order valence-electron chi connectivity index (χ3n) is 2.07. The van der Waals surface area contributed by atoms with Gasteiger partial charge in [0.2, 0.25) is 10.0 Å². The standard InChI is InChI=1S/C11H13NO4S/c1-3-6-17(15,16)12-9-4-5-10(11(13)14)8(2)7-9/h3-5,7,12H,1,6H2,2H3,(H,13,14). The lowest BCUT2D eigenvalue weighted by Crippen LogP contribution is -2.15. The molecule has 0 aliphatic carbocycles. The van der Waals surface area contributed by atoms with Gasteiger partial charge in [-0.2, -0.15) is 0 Å². The Balaban J connectivity index is 2.99. The number of benzene rings is 1. The number of anilines is 1. The van der Waals surface area contributed by atoms with Crippen LogP contribution in [0, 0.1) is 6.92 Å². The Morgan fingerprint density at radius 2 is 2.18 bits per heavy atom. The molecule has 0 heterocycles. The van der Waals surface area contributed by atoms with Crippen LogP contribution in [0.3, 0.4) is 0 Å². The lowest BCUT2D eigenvalue weighted by Gasteiger charge is -2.08. The average Bonchev–Trinajstić information content (AvgIpc) is 2.15. The molecule has 1 rings (SSSR count). The highest BCUT2D eigenvalue weighted by Crippen LogP contribution is 2.16. The number of carboxylic acid groups (broad SMARTS) is 1. The first-order chi connectivity index (χ1) is 7.85. The highest BCUT2D eigenvalue weighted by atomic mass is 32.2. The maximum atomic E-state index is 11.4. The Kier molecular flexibility index (Phi) is 3.90. The third-order valence-corrected chi connectivity index (χ3v) is 3.29. The van der Waals surface area contributed by atoms with Gasteiger partial charge in [-0.1, -0.05) is 6.08 Å². The van der Waals surface area contributed by atoms with Crippen molar-refractivity contribution in [2.75, 3.05) is 10.5 Å². The van der Waals surface area contributed by atoms with Gasteiger partial charge in [0.05, 0.1) is 11.3 Å². The summed E-state index contributed by atoms with van der Waals surface area (Å²) < 4.78 is 25.2. The summed E-state index contributed by atoms with van der Waals surface area (Å²) in [5.74, 6) is -1.23. The second kappa shape index (κ2) is 5.01. The van der Waals surface area contributed by atoms with Gasteiger partial charge in [0.25, 0.3) is 0 Å². The monoisotopic (exact) mass is 255 g/mol. The lowest BCUT2D eigenvalue weighted by molar-refractivity contribution is 0.0696. The number of rotatable bonds is 5. The first kappa shape index (κ1) is 13.2. The molecule has 0 atom stereocenters. The number of hydrogen-bond donors (Lipinski definition) is 2. The van der Waals surface area contributed by atoms with Gasteiger partial charge < -0.3 is 5.11 Å². The molecule has 17 heavy (non-hydrogen) atoms. The second-order valence-corrected chi connectivity index (χ2v) is 5.27. The Hall–Kier alpha value is -1.82. The van der Waals surface area contributed by atoms with Gasteiger partial charge in [-0.15, -0.1) is 6.58 Å². The zero-order valence-electron chi connectivity index (χ0n) is 9.30. The maximum absolute atomic E-state index is 11.4. The number of nitrogens with one attached hydrogen (secondary N) is 1. The van der Waals surface area contributed by atoms with Crippen LogP contribution in [0.4, 0.5) is 5.69 Å². The van der Waals surface area contributed by atoms with Crippen LogP contribution in [0.15, 0.2) is 30.9 Å². The van der Waals surface area contributed by atoms with Crippen molar-refractivity contribution in [1.82, 2.24) is 0 Å². The first-order valence-corrected chi connectivity index (χ1v) is 6.46. The molecular weight excluding hydrogens is 242 g/mol. The number of aryl methyl sites for hydroxylation is 1. The fourth-order valence-corrected chi connectivity index (χ4v) is 2.22. The van der Waals surface area contributed by atoms with Crippen LogP contribution >= 0.6 is 0 Å². The van der Waals surface area contributed by atoms with Gasteiger partial charge in [0.15, 0.2) is 0 Å². The van der Waals surface area contributed by atoms with Crippen molar-refractivity contribution in [3.8, 4) is 0 Å². The van der Waals surface area contributed by atoms with Crippen LogP contribution in [0.5, 0.6) is 0 Å². The molecule has 1 aromatic carbocycles. The van der Waals surface area contributed by atoms with Gasteiger partial charge >= 0.3 is 5.97 Å². The molecular formula is C11H13NO4S. The smallest absolute Gasteiger partial charge is 0.335 e. The summed E-state index contributed by atoms with van der Waals surface area (Å²) in [5, 5.41) is 8.82. The summed E-state index contributed by atoms with van der Waals surface area (Å²) in [6.45, 7) is 4.95. The highest BCUT2D eigenvalue weighted by Gasteiger charge is 2.11. The highest BCUT2D eigenvalue weighted by molar-refractivity contribution is 7.92. The fourth-order valence-electron chi connectivity index (χ4n) is 1.34. The molecule has 0 aliphatic heterocycles. The molecule has 2 N–H and O–H groups in total. The van der Waals surface area contributed by atoms with E-state index in [2.05, 4.69) is 11.3 Å². The molecule has 0 bridgehead atoms. The van der Waals surface area contributed by atoms with Crippen molar-refractivity contribution in [1.29, 1.82) is 0 Å². The lowest BCUT2D eigenvalue weighted by atomic mass is 10.1. The SMILES string of the molecule is C=CCS(=O)(=O)Nc1ccc(C(=O)O)c(C)c1. The van der Waals surface area contributed by atoms with Crippen LogP contribution in [-0.4, -0.2) is 25.2 Å². The molecule has 0 fully saturated rings. The van der Waals surface area contributed by atoms with Crippen molar-refractivity contribution < 1.29 is 18.3 Å². The summed E-state index contributed by atoms with van der Waals surface area (Å²) in [5.41, 5.74) is 0.988. The molecule has 0 saturated heterocycles. The first-order valence-electron chi connectivity index (χ1n) is 4.81. The van der Waals surface area contributed by atoms with Gasteiger partial charge in [-0.05, 0) is 30.7 Å². The molecule has 1 aromatic rings. The Labute approximate surface area is 99.8 Å². The summed E-state index contributed by atoms with van der Waals surface area (Å²) in [6, 6.07) is 4.25. The van der Waals surface area contributed by atoms with E-state index in [4.69, 9.17) is 5.11 Å². The number of hydrogen-bond acceptors (Lipinski definition) is 3. The van der Waals surface area contributed by atoms with Gasteiger partial charge in [0, 0.05) is 5.69 Å². The van der Waals surface area contributed by atoms with Crippen molar-refractivity contribution in [3.63, 3.8) is 0 Å². The van der Waals surface area contributed by atoms with Crippen LogP contribution in [-0.2, 0) is 10.0 Å². The average molecular weight is 255 g/mol. The molecule has 0 saturated carbocycles. The zero-order valence-corrected chi connectivity index (χ0v) is 10.1. The summed E-state index contributed by atoms with van der Waals surface area (Å²) in [6.07, 6.45) is 1.28. The Bertz CT molecular complexity index is 549. The van der Waals surface area contributed by atoms with Crippen molar-refractivity contribution >= 4 is 21.7 Å². The minimum absolute atomic E-state index is 0.150. The van der Waals surface area contributed by atoms with Crippen molar-refractivity contribution in [3.05, 3.63) is 42.0 Å². The van der Waals surface area contributed by atoms with E-state index in [0.717, 1.165) is 0 Å². The van der Waals surface area contributed by atoms with Crippen LogP contribution in [0.25, 0.3) is 0 Å². The van der Waals surface area contributed by atoms with E-state index in [1.807, 2.05) is 0 Å².